The summed E-state index contributed by atoms with van der Waals surface area (Å²) in [5.41, 5.74) is 2.47. The molecule has 0 bridgehead atoms. The molecular formula is C15H20BrNO2. The highest BCUT2D eigenvalue weighted by Crippen LogP contribution is 2.34. The molecule has 2 aliphatic rings. The van der Waals surface area contributed by atoms with Gasteiger partial charge in [-0.05, 0) is 43.5 Å². The van der Waals surface area contributed by atoms with Gasteiger partial charge in [0, 0.05) is 35.8 Å². The van der Waals surface area contributed by atoms with E-state index in [4.69, 9.17) is 9.47 Å². The van der Waals surface area contributed by atoms with E-state index in [0.29, 0.717) is 6.04 Å². The maximum atomic E-state index is 5.97. The second-order valence-electron chi connectivity index (χ2n) is 5.63. The summed E-state index contributed by atoms with van der Waals surface area (Å²) in [4.78, 5) is 0. The molecule has 2 fully saturated rings. The Bertz CT molecular complexity index is 457. The fourth-order valence-electron chi connectivity index (χ4n) is 3.02. The molecule has 0 radical (unpaired) electrons. The van der Waals surface area contributed by atoms with E-state index < -0.39 is 0 Å². The Kier molecular flexibility index (Phi) is 3.83. The van der Waals surface area contributed by atoms with Crippen molar-refractivity contribution in [3.05, 3.63) is 28.2 Å². The fraction of sp³-hybridized carbons (Fsp3) is 0.600. The number of rotatable bonds is 2. The molecule has 1 aromatic rings. The summed E-state index contributed by atoms with van der Waals surface area (Å²) in [5.74, 6) is 0. The standard InChI is InChI=1S/C15H20BrNO2/c1-11-8-12(16)2-3-14(11)17-13-4-6-19-15(9-13)5-7-18-10-15/h2-3,8,13,17H,4-7,9-10H2,1H3. The molecule has 0 aromatic heterocycles. The molecule has 1 aromatic carbocycles. The number of aryl methyl sites for hydroxylation is 1. The van der Waals surface area contributed by atoms with Crippen molar-refractivity contribution >= 4 is 21.6 Å². The molecule has 0 amide bonds. The van der Waals surface area contributed by atoms with Crippen LogP contribution in [0.2, 0.25) is 0 Å². The third-order valence-electron chi connectivity index (χ3n) is 4.11. The number of nitrogens with one attached hydrogen (secondary N) is 1. The molecule has 3 rings (SSSR count). The minimum absolute atomic E-state index is 0.0286. The van der Waals surface area contributed by atoms with Gasteiger partial charge in [0.1, 0.15) is 0 Å². The van der Waals surface area contributed by atoms with Crippen LogP contribution in [0.1, 0.15) is 24.8 Å². The molecule has 2 unspecified atom stereocenters. The van der Waals surface area contributed by atoms with Crippen LogP contribution in [0.3, 0.4) is 0 Å². The topological polar surface area (TPSA) is 30.5 Å². The van der Waals surface area contributed by atoms with Gasteiger partial charge < -0.3 is 14.8 Å². The normalized spacial score (nSPS) is 30.7. The molecule has 1 spiro atoms. The minimum Gasteiger partial charge on any atom is -0.382 e. The Morgan fingerprint density at radius 2 is 2.26 bits per heavy atom. The molecule has 2 heterocycles. The van der Waals surface area contributed by atoms with Gasteiger partial charge in [-0.1, -0.05) is 15.9 Å². The first kappa shape index (κ1) is 13.4. The lowest BCUT2D eigenvalue weighted by Gasteiger charge is -2.38. The third-order valence-corrected chi connectivity index (χ3v) is 4.60. The van der Waals surface area contributed by atoms with E-state index in [2.05, 4.69) is 46.4 Å². The summed E-state index contributed by atoms with van der Waals surface area (Å²) in [6, 6.07) is 6.86. The van der Waals surface area contributed by atoms with E-state index >= 15 is 0 Å². The monoisotopic (exact) mass is 325 g/mol. The zero-order valence-corrected chi connectivity index (χ0v) is 12.8. The van der Waals surface area contributed by atoms with Crippen LogP contribution in [0.5, 0.6) is 0 Å². The van der Waals surface area contributed by atoms with Crippen molar-refractivity contribution < 1.29 is 9.47 Å². The van der Waals surface area contributed by atoms with Crippen molar-refractivity contribution in [2.45, 2.75) is 37.8 Å². The summed E-state index contributed by atoms with van der Waals surface area (Å²) < 4.78 is 12.6. The largest absolute Gasteiger partial charge is 0.382 e. The van der Waals surface area contributed by atoms with Crippen LogP contribution >= 0.6 is 15.9 Å². The van der Waals surface area contributed by atoms with Crippen LogP contribution in [0.4, 0.5) is 5.69 Å². The van der Waals surface area contributed by atoms with Gasteiger partial charge in [0.15, 0.2) is 0 Å². The number of benzene rings is 1. The Labute approximate surface area is 122 Å². The second kappa shape index (κ2) is 5.43. The lowest BCUT2D eigenvalue weighted by Crippen LogP contribution is -2.45. The van der Waals surface area contributed by atoms with Gasteiger partial charge >= 0.3 is 0 Å². The van der Waals surface area contributed by atoms with Crippen molar-refractivity contribution in [1.29, 1.82) is 0 Å². The molecule has 3 nitrogen and oxygen atoms in total. The summed E-state index contributed by atoms with van der Waals surface area (Å²) in [6.45, 7) is 4.56. The lowest BCUT2D eigenvalue weighted by atomic mass is 9.89. The van der Waals surface area contributed by atoms with Crippen molar-refractivity contribution in [2.75, 3.05) is 25.1 Å². The maximum absolute atomic E-state index is 5.97. The van der Waals surface area contributed by atoms with E-state index in [0.717, 1.165) is 43.6 Å². The maximum Gasteiger partial charge on any atom is 0.0956 e. The Morgan fingerprint density at radius 1 is 1.37 bits per heavy atom. The van der Waals surface area contributed by atoms with E-state index in [1.807, 2.05) is 0 Å². The summed E-state index contributed by atoms with van der Waals surface area (Å²) in [6.07, 6.45) is 3.14. The van der Waals surface area contributed by atoms with Gasteiger partial charge in [0.2, 0.25) is 0 Å². The predicted octanol–water partition coefficient (Wildman–Crippen LogP) is 3.51. The number of halogens is 1. The minimum atomic E-state index is -0.0286. The number of ether oxygens (including phenoxy) is 2. The molecule has 2 saturated heterocycles. The molecule has 2 atom stereocenters. The molecule has 0 aliphatic carbocycles. The van der Waals surface area contributed by atoms with Crippen LogP contribution in [-0.2, 0) is 9.47 Å². The highest BCUT2D eigenvalue weighted by molar-refractivity contribution is 9.10. The van der Waals surface area contributed by atoms with E-state index in [9.17, 15) is 0 Å². The van der Waals surface area contributed by atoms with Gasteiger partial charge in [0.05, 0.1) is 12.2 Å². The second-order valence-corrected chi connectivity index (χ2v) is 6.54. The molecule has 1 N–H and O–H groups in total. The number of hydrogen-bond acceptors (Lipinski definition) is 3. The average molecular weight is 326 g/mol. The predicted molar refractivity (Wildman–Crippen MR) is 79.6 cm³/mol. The van der Waals surface area contributed by atoms with Crippen LogP contribution in [0.25, 0.3) is 0 Å². The lowest BCUT2D eigenvalue weighted by molar-refractivity contribution is -0.0828. The molecular weight excluding hydrogens is 306 g/mol. The van der Waals surface area contributed by atoms with Gasteiger partial charge in [-0.25, -0.2) is 0 Å². The van der Waals surface area contributed by atoms with Crippen LogP contribution < -0.4 is 5.32 Å². The number of anilines is 1. The molecule has 4 heteroatoms. The average Bonchev–Trinajstić information content (AvgIpc) is 2.81. The van der Waals surface area contributed by atoms with Crippen LogP contribution in [-0.4, -0.2) is 31.5 Å². The van der Waals surface area contributed by atoms with Crippen LogP contribution in [0.15, 0.2) is 22.7 Å². The van der Waals surface area contributed by atoms with Crippen molar-refractivity contribution in [3.63, 3.8) is 0 Å². The first-order valence-electron chi connectivity index (χ1n) is 6.91. The van der Waals surface area contributed by atoms with Gasteiger partial charge in [-0.2, -0.15) is 0 Å². The van der Waals surface area contributed by atoms with Crippen molar-refractivity contribution in [2.24, 2.45) is 0 Å². The SMILES string of the molecule is Cc1cc(Br)ccc1NC1CCOC2(CCOC2)C1. The van der Waals surface area contributed by atoms with Gasteiger partial charge in [0.25, 0.3) is 0 Å². The molecule has 104 valence electrons. The molecule has 19 heavy (non-hydrogen) atoms. The van der Waals surface area contributed by atoms with Crippen LogP contribution in [0, 0.1) is 6.92 Å². The Morgan fingerprint density at radius 3 is 3.00 bits per heavy atom. The zero-order chi connectivity index (χ0) is 13.3. The van der Waals surface area contributed by atoms with Gasteiger partial charge in [-0.3, -0.25) is 0 Å². The quantitative estimate of drug-likeness (QED) is 0.902. The summed E-state index contributed by atoms with van der Waals surface area (Å²) >= 11 is 3.51. The third kappa shape index (κ3) is 2.96. The first-order valence-corrected chi connectivity index (χ1v) is 7.71. The highest BCUT2D eigenvalue weighted by atomic mass is 79.9. The Balaban J connectivity index is 1.69. The van der Waals surface area contributed by atoms with E-state index in [1.54, 1.807) is 0 Å². The molecule has 0 saturated carbocycles. The first-order chi connectivity index (χ1) is 9.17. The summed E-state index contributed by atoms with van der Waals surface area (Å²) in [5, 5.41) is 3.67. The smallest absolute Gasteiger partial charge is 0.0956 e. The van der Waals surface area contributed by atoms with Crippen molar-refractivity contribution in [3.8, 4) is 0 Å². The highest BCUT2D eigenvalue weighted by Gasteiger charge is 2.41. The zero-order valence-electron chi connectivity index (χ0n) is 11.2. The molecule has 2 aliphatic heterocycles. The Hall–Kier alpha value is -0.580. The van der Waals surface area contributed by atoms with E-state index in [-0.39, 0.29) is 5.60 Å². The number of hydrogen-bond donors (Lipinski definition) is 1. The summed E-state index contributed by atoms with van der Waals surface area (Å²) in [7, 11) is 0. The fourth-order valence-corrected chi connectivity index (χ4v) is 3.50. The van der Waals surface area contributed by atoms with Crippen molar-refractivity contribution in [1.82, 2.24) is 0 Å². The van der Waals surface area contributed by atoms with Gasteiger partial charge in [-0.15, -0.1) is 0 Å². The van der Waals surface area contributed by atoms with E-state index in [1.165, 1.54) is 11.3 Å².